The van der Waals surface area contributed by atoms with Crippen LogP contribution >= 0.6 is 0 Å². The third kappa shape index (κ3) is 4.07. The van der Waals surface area contributed by atoms with Crippen molar-refractivity contribution >= 4 is 0 Å². The first-order valence-electron chi connectivity index (χ1n) is 6.57. The summed E-state index contributed by atoms with van der Waals surface area (Å²) in [6, 6.07) is 12.1. The first-order valence-corrected chi connectivity index (χ1v) is 6.57. The van der Waals surface area contributed by atoms with Gasteiger partial charge in [0.2, 0.25) is 0 Å². The summed E-state index contributed by atoms with van der Waals surface area (Å²) < 4.78 is 5.77. The lowest BCUT2D eigenvalue weighted by molar-refractivity contribution is 0.311. The Bertz CT molecular complexity index is 511. The minimum atomic E-state index is 0.664. The van der Waals surface area contributed by atoms with E-state index >= 15 is 0 Å². The highest BCUT2D eigenvalue weighted by molar-refractivity contribution is 5.38. The summed E-state index contributed by atoms with van der Waals surface area (Å²) in [6.07, 6.45) is 1.81. The molecule has 0 radical (unpaired) electrons. The molecule has 2 aromatic rings. The van der Waals surface area contributed by atoms with E-state index in [0.717, 1.165) is 24.5 Å². The van der Waals surface area contributed by atoms with Crippen molar-refractivity contribution in [1.82, 2.24) is 10.3 Å². The summed E-state index contributed by atoms with van der Waals surface area (Å²) in [4.78, 5) is 4.26. The highest BCUT2D eigenvalue weighted by Gasteiger charge is 2.01. The van der Waals surface area contributed by atoms with Crippen LogP contribution < -0.4 is 10.1 Å². The van der Waals surface area contributed by atoms with E-state index < -0.39 is 0 Å². The number of hydrogen-bond acceptors (Lipinski definition) is 3. The van der Waals surface area contributed by atoms with Gasteiger partial charge in [-0.25, -0.2) is 0 Å². The first-order chi connectivity index (χ1) is 9.27. The number of nitrogens with one attached hydrogen (secondary N) is 1. The van der Waals surface area contributed by atoms with Gasteiger partial charge in [-0.3, -0.25) is 4.98 Å². The number of aromatic nitrogens is 1. The van der Waals surface area contributed by atoms with Crippen LogP contribution in [0.3, 0.4) is 0 Å². The standard InChI is InChI=1S/C16H20N2O/c1-13-6-5-8-16(14(13)2)19-11-10-17-12-15-7-3-4-9-18-15/h3-9,17H,10-12H2,1-2H3. The van der Waals surface area contributed by atoms with Crippen LogP contribution in [0.4, 0.5) is 0 Å². The maximum Gasteiger partial charge on any atom is 0.122 e. The van der Waals surface area contributed by atoms with E-state index in [1.54, 1.807) is 0 Å². The fourth-order valence-corrected chi connectivity index (χ4v) is 1.83. The van der Waals surface area contributed by atoms with Crippen LogP contribution in [0.15, 0.2) is 42.6 Å². The zero-order valence-corrected chi connectivity index (χ0v) is 11.5. The van der Waals surface area contributed by atoms with Crippen molar-refractivity contribution in [2.45, 2.75) is 20.4 Å². The van der Waals surface area contributed by atoms with Crippen molar-refractivity contribution in [2.75, 3.05) is 13.2 Å². The Morgan fingerprint density at radius 2 is 2.00 bits per heavy atom. The monoisotopic (exact) mass is 256 g/mol. The largest absolute Gasteiger partial charge is 0.492 e. The topological polar surface area (TPSA) is 34.1 Å². The summed E-state index contributed by atoms with van der Waals surface area (Å²) >= 11 is 0. The van der Waals surface area contributed by atoms with Crippen LogP contribution in [-0.4, -0.2) is 18.1 Å². The fraction of sp³-hybridized carbons (Fsp3) is 0.312. The van der Waals surface area contributed by atoms with Crippen LogP contribution in [0.5, 0.6) is 5.75 Å². The molecule has 3 nitrogen and oxygen atoms in total. The molecule has 1 heterocycles. The van der Waals surface area contributed by atoms with E-state index in [4.69, 9.17) is 4.74 Å². The molecule has 100 valence electrons. The Morgan fingerprint density at radius 1 is 1.11 bits per heavy atom. The number of hydrogen-bond donors (Lipinski definition) is 1. The average Bonchev–Trinajstić information content (AvgIpc) is 2.44. The molecule has 0 bridgehead atoms. The Balaban J connectivity index is 1.71. The molecule has 1 aromatic heterocycles. The Morgan fingerprint density at radius 3 is 2.79 bits per heavy atom. The van der Waals surface area contributed by atoms with Gasteiger partial charge < -0.3 is 10.1 Å². The van der Waals surface area contributed by atoms with Crippen molar-refractivity contribution in [1.29, 1.82) is 0 Å². The lowest BCUT2D eigenvalue weighted by Gasteiger charge is -2.11. The van der Waals surface area contributed by atoms with E-state index in [1.165, 1.54) is 11.1 Å². The molecule has 2 rings (SSSR count). The van der Waals surface area contributed by atoms with E-state index in [1.807, 2.05) is 36.5 Å². The summed E-state index contributed by atoms with van der Waals surface area (Å²) in [5.41, 5.74) is 3.53. The van der Waals surface area contributed by atoms with Gasteiger partial charge in [-0.05, 0) is 43.2 Å². The van der Waals surface area contributed by atoms with E-state index in [9.17, 15) is 0 Å². The van der Waals surface area contributed by atoms with Crippen LogP contribution in [0.2, 0.25) is 0 Å². The fourth-order valence-electron chi connectivity index (χ4n) is 1.83. The predicted octanol–water partition coefficient (Wildman–Crippen LogP) is 2.87. The number of aryl methyl sites for hydroxylation is 1. The lowest BCUT2D eigenvalue weighted by atomic mass is 10.1. The van der Waals surface area contributed by atoms with Crippen LogP contribution in [-0.2, 0) is 6.54 Å². The van der Waals surface area contributed by atoms with E-state index in [2.05, 4.69) is 30.2 Å². The van der Waals surface area contributed by atoms with Crippen molar-refractivity contribution in [3.63, 3.8) is 0 Å². The molecule has 0 spiro atoms. The molecule has 19 heavy (non-hydrogen) atoms. The zero-order valence-electron chi connectivity index (χ0n) is 11.5. The van der Waals surface area contributed by atoms with Gasteiger partial charge in [-0.15, -0.1) is 0 Å². The van der Waals surface area contributed by atoms with Crippen molar-refractivity contribution in [2.24, 2.45) is 0 Å². The normalized spacial score (nSPS) is 10.4. The summed E-state index contributed by atoms with van der Waals surface area (Å²) in [5, 5.41) is 3.32. The van der Waals surface area contributed by atoms with Crippen molar-refractivity contribution in [3.8, 4) is 5.75 Å². The molecule has 3 heteroatoms. The SMILES string of the molecule is Cc1cccc(OCCNCc2ccccn2)c1C. The van der Waals surface area contributed by atoms with Gasteiger partial charge in [0.15, 0.2) is 0 Å². The second-order valence-electron chi connectivity index (χ2n) is 4.54. The Labute approximate surface area is 114 Å². The van der Waals surface area contributed by atoms with Gasteiger partial charge in [-0.2, -0.15) is 0 Å². The molecule has 0 saturated heterocycles. The number of ether oxygens (including phenoxy) is 1. The van der Waals surface area contributed by atoms with Crippen LogP contribution in [0, 0.1) is 13.8 Å². The summed E-state index contributed by atoms with van der Waals surface area (Å²) in [5.74, 6) is 0.972. The van der Waals surface area contributed by atoms with Crippen LogP contribution in [0.1, 0.15) is 16.8 Å². The summed E-state index contributed by atoms with van der Waals surface area (Å²) in [7, 11) is 0. The second kappa shape index (κ2) is 6.90. The Kier molecular flexibility index (Phi) is 4.93. The second-order valence-corrected chi connectivity index (χ2v) is 4.54. The van der Waals surface area contributed by atoms with Gasteiger partial charge in [-0.1, -0.05) is 18.2 Å². The average molecular weight is 256 g/mol. The number of pyridine rings is 1. The third-order valence-corrected chi connectivity index (χ3v) is 3.12. The minimum Gasteiger partial charge on any atom is -0.492 e. The quantitative estimate of drug-likeness (QED) is 0.807. The Hall–Kier alpha value is -1.87. The number of nitrogens with zero attached hydrogens (tertiary/aromatic N) is 1. The highest BCUT2D eigenvalue weighted by Crippen LogP contribution is 2.20. The van der Waals surface area contributed by atoms with Crippen molar-refractivity contribution < 1.29 is 4.74 Å². The van der Waals surface area contributed by atoms with Gasteiger partial charge in [0.05, 0.1) is 5.69 Å². The zero-order chi connectivity index (χ0) is 13.5. The molecule has 0 aliphatic carbocycles. The molecule has 0 saturated carbocycles. The molecule has 0 aliphatic rings. The minimum absolute atomic E-state index is 0.664. The molecular formula is C16H20N2O. The van der Waals surface area contributed by atoms with Crippen molar-refractivity contribution in [3.05, 3.63) is 59.4 Å². The van der Waals surface area contributed by atoms with Gasteiger partial charge in [0.25, 0.3) is 0 Å². The van der Waals surface area contributed by atoms with E-state index in [-0.39, 0.29) is 0 Å². The number of benzene rings is 1. The molecule has 1 aromatic carbocycles. The van der Waals surface area contributed by atoms with Gasteiger partial charge in [0.1, 0.15) is 12.4 Å². The maximum absolute atomic E-state index is 5.77. The lowest BCUT2D eigenvalue weighted by Crippen LogP contribution is -2.21. The molecule has 0 fully saturated rings. The molecule has 1 N–H and O–H groups in total. The third-order valence-electron chi connectivity index (χ3n) is 3.12. The van der Waals surface area contributed by atoms with Crippen LogP contribution in [0.25, 0.3) is 0 Å². The molecular weight excluding hydrogens is 236 g/mol. The van der Waals surface area contributed by atoms with Gasteiger partial charge >= 0.3 is 0 Å². The molecule has 0 amide bonds. The number of rotatable bonds is 6. The smallest absolute Gasteiger partial charge is 0.122 e. The first kappa shape index (κ1) is 13.6. The summed E-state index contributed by atoms with van der Waals surface area (Å²) in [6.45, 7) is 6.44. The highest BCUT2D eigenvalue weighted by atomic mass is 16.5. The van der Waals surface area contributed by atoms with E-state index in [0.29, 0.717) is 6.61 Å². The molecule has 0 atom stereocenters. The molecule has 0 unspecified atom stereocenters. The predicted molar refractivity (Wildman–Crippen MR) is 77.4 cm³/mol. The van der Waals surface area contributed by atoms with Gasteiger partial charge in [0, 0.05) is 19.3 Å². The molecule has 0 aliphatic heterocycles. The maximum atomic E-state index is 5.77.